The first-order chi connectivity index (χ1) is 19.5. The molecule has 0 aliphatic heterocycles. The number of anilines is 1. The number of hydrogen-bond acceptors (Lipinski definition) is 8. The van der Waals surface area contributed by atoms with Gasteiger partial charge in [-0.2, -0.15) is 26.3 Å². The van der Waals surface area contributed by atoms with Crippen LogP contribution < -0.4 is 16.7 Å². The van der Waals surface area contributed by atoms with Gasteiger partial charge in [0.15, 0.2) is 11.9 Å². The van der Waals surface area contributed by atoms with E-state index in [9.17, 15) is 41.0 Å². The van der Waals surface area contributed by atoms with Gasteiger partial charge in [-0.15, -0.1) is 10.2 Å². The zero-order valence-electron chi connectivity index (χ0n) is 21.2. The van der Waals surface area contributed by atoms with E-state index in [0.29, 0.717) is 9.25 Å². The minimum absolute atomic E-state index is 0.139. The first kappa shape index (κ1) is 30.6. The number of hydrogen-bond donors (Lipinski definition) is 3. The minimum Gasteiger partial charge on any atom is -0.405 e. The van der Waals surface area contributed by atoms with Crippen molar-refractivity contribution in [3.05, 3.63) is 81.1 Å². The number of nitrogens with two attached hydrogens (primary N) is 1. The third-order valence-corrected chi connectivity index (χ3v) is 6.33. The van der Waals surface area contributed by atoms with Gasteiger partial charge in [-0.3, -0.25) is 9.36 Å². The van der Waals surface area contributed by atoms with E-state index in [1.165, 1.54) is 37.3 Å². The van der Waals surface area contributed by atoms with Crippen molar-refractivity contribution in [2.45, 2.75) is 44.0 Å². The molecule has 0 spiro atoms. The van der Waals surface area contributed by atoms with E-state index in [1.807, 2.05) is 0 Å². The van der Waals surface area contributed by atoms with Crippen LogP contribution in [0.4, 0.5) is 32.4 Å². The maximum absolute atomic E-state index is 13.4. The highest BCUT2D eigenvalue weighted by molar-refractivity contribution is 6.30. The molecule has 11 nitrogen and oxygen atoms in total. The van der Waals surface area contributed by atoms with Gasteiger partial charge in [0.05, 0.1) is 12.1 Å². The second kappa shape index (κ2) is 11.1. The van der Waals surface area contributed by atoms with E-state index in [4.69, 9.17) is 21.8 Å². The average Bonchev–Trinajstić information content (AvgIpc) is 3.47. The maximum Gasteiger partial charge on any atom is 0.416 e. The quantitative estimate of drug-likeness (QED) is 0.254. The van der Waals surface area contributed by atoms with Gasteiger partial charge in [0.2, 0.25) is 11.8 Å². The van der Waals surface area contributed by atoms with Crippen LogP contribution in [0.3, 0.4) is 0 Å². The van der Waals surface area contributed by atoms with Crippen LogP contribution in [0.25, 0.3) is 11.4 Å². The molecule has 0 aliphatic rings. The Balaban J connectivity index is 1.72. The monoisotopic (exact) mass is 619 g/mol. The third-order valence-electron chi connectivity index (χ3n) is 6.08. The summed E-state index contributed by atoms with van der Waals surface area (Å²) in [5.74, 6) is -1.75. The van der Waals surface area contributed by atoms with Crippen LogP contribution in [-0.2, 0) is 29.6 Å². The third kappa shape index (κ3) is 6.41. The Hall–Kier alpha value is -4.38. The molecule has 2 aromatic heterocycles. The minimum atomic E-state index is -5.07. The molecule has 0 radical (unpaired) electrons. The van der Waals surface area contributed by atoms with Gasteiger partial charge in [-0.05, 0) is 48.9 Å². The summed E-state index contributed by atoms with van der Waals surface area (Å²) in [6.45, 7) is -0.911. The maximum atomic E-state index is 13.4. The molecule has 2 aromatic carbocycles. The average molecular weight is 620 g/mol. The summed E-state index contributed by atoms with van der Waals surface area (Å²) in [5, 5.41) is 23.5. The van der Waals surface area contributed by atoms with Crippen molar-refractivity contribution in [2.24, 2.45) is 0 Å². The number of nitrogens with one attached hydrogen (secondary N) is 1. The Kier molecular flexibility index (Phi) is 8.10. The fourth-order valence-corrected chi connectivity index (χ4v) is 4.07. The van der Waals surface area contributed by atoms with Crippen LogP contribution in [0.15, 0.2) is 57.7 Å². The molecule has 0 bridgehead atoms. The van der Waals surface area contributed by atoms with Crippen LogP contribution in [0.2, 0.25) is 5.02 Å². The topological polar surface area (TPSA) is 154 Å². The zero-order valence-corrected chi connectivity index (χ0v) is 22.0. The van der Waals surface area contributed by atoms with Gasteiger partial charge < -0.3 is 20.6 Å². The van der Waals surface area contributed by atoms with Gasteiger partial charge in [-0.1, -0.05) is 28.8 Å². The molecule has 0 saturated carbocycles. The fraction of sp³-hybridized carbons (Fsp3) is 0.292. The van der Waals surface area contributed by atoms with E-state index in [2.05, 4.69) is 20.6 Å². The number of amides is 1. The Morgan fingerprint density at radius 3 is 2.31 bits per heavy atom. The van der Waals surface area contributed by atoms with Gasteiger partial charge in [-0.25, -0.2) is 9.48 Å². The zero-order chi connectivity index (χ0) is 31.0. The summed E-state index contributed by atoms with van der Waals surface area (Å²) >= 11 is 5.86. The van der Waals surface area contributed by atoms with Gasteiger partial charge >= 0.3 is 24.1 Å². The molecular weight excluding hydrogens is 600 g/mol. The molecule has 4 aromatic rings. The number of rotatable bonds is 8. The number of aliphatic hydroxyl groups is 1. The molecule has 0 saturated heterocycles. The van der Waals surface area contributed by atoms with Crippen molar-refractivity contribution >= 4 is 23.5 Å². The number of nitrogen functional groups attached to an aromatic ring is 1. The first-order valence-corrected chi connectivity index (χ1v) is 12.1. The number of carbonyl (C=O) groups is 1. The highest BCUT2D eigenvalue weighted by Crippen LogP contribution is 2.35. The SMILES string of the molecule is C[C@@](NC(=O)Cn1nc(-c2ccc(Cl)cc2)n(C[C@H](O)C(F)(F)F)c1=O)(c1cccc(C(F)(F)F)c1)c1nnc(N)o1. The van der Waals surface area contributed by atoms with E-state index in [-0.39, 0.29) is 22.0 Å². The predicted molar refractivity (Wildman–Crippen MR) is 134 cm³/mol. The molecule has 1 amide bonds. The van der Waals surface area contributed by atoms with Crippen LogP contribution in [-0.4, -0.2) is 47.8 Å². The lowest BCUT2D eigenvalue weighted by Crippen LogP contribution is -2.47. The molecule has 4 N–H and O–H groups in total. The largest absolute Gasteiger partial charge is 0.416 e. The molecule has 0 fully saturated rings. The molecular formula is C24H20ClF6N7O4. The highest BCUT2D eigenvalue weighted by atomic mass is 35.5. The van der Waals surface area contributed by atoms with Crippen molar-refractivity contribution < 1.29 is 40.7 Å². The van der Waals surface area contributed by atoms with Gasteiger partial charge in [0, 0.05) is 10.6 Å². The molecule has 2 atom stereocenters. The summed E-state index contributed by atoms with van der Waals surface area (Å²) in [6.07, 6.45) is -12.8. The van der Waals surface area contributed by atoms with Crippen molar-refractivity contribution in [1.29, 1.82) is 0 Å². The normalized spacial score (nSPS) is 14.4. The fourth-order valence-electron chi connectivity index (χ4n) is 3.94. The highest BCUT2D eigenvalue weighted by Gasteiger charge is 2.41. The summed E-state index contributed by atoms with van der Waals surface area (Å²) in [4.78, 5) is 26.3. The second-order valence-corrected chi connectivity index (χ2v) is 9.57. The Morgan fingerprint density at radius 1 is 1.10 bits per heavy atom. The van der Waals surface area contributed by atoms with Crippen molar-refractivity contribution in [3.8, 4) is 11.4 Å². The summed E-state index contributed by atoms with van der Waals surface area (Å²) < 4.78 is 85.8. The molecule has 0 unspecified atom stereocenters. The summed E-state index contributed by atoms with van der Waals surface area (Å²) in [5.41, 5.74) is 1.30. The van der Waals surface area contributed by atoms with Crippen LogP contribution in [0.1, 0.15) is 23.9 Å². The molecule has 0 aliphatic carbocycles. The van der Waals surface area contributed by atoms with E-state index < -0.39 is 66.2 Å². The van der Waals surface area contributed by atoms with E-state index in [0.717, 1.165) is 18.2 Å². The van der Waals surface area contributed by atoms with Crippen molar-refractivity contribution in [1.82, 2.24) is 29.9 Å². The van der Waals surface area contributed by atoms with Crippen molar-refractivity contribution in [3.63, 3.8) is 0 Å². The Bertz CT molecular complexity index is 1650. The number of carbonyl (C=O) groups excluding carboxylic acids is 1. The summed E-state index contributed by atoms with van der Waals surface area (Å²) in [6, 6.07) is 8.89. The number of alkyl halides is 6. The summed E-state index contributed by atoms with van der Waals surface area (Å²) in [7, 11) is 0. The van der Waals surface area contributed by atoms with E-state index >= 15 is 0 Å². The van der Waals surface area contributed by atoms with Crippen molar-refractivity contribution in [2.75, 3.05) is 5.73 Å². The lowest BCUT2D eigenvalue weighted by atomic mass is 9.90. The number of aromatic nitrogens is 5. The first-order valence-electron chi connectivity index (χ1n) is 11.8. The molecule has 2 heterocycles. The number of halogens is 7. The molecule has 224 valence electrons. The predicted octanol–water partition coefficient (Wildman–Crippen LogP) is 3.35. The standard InChI is InChI=1S/C24H20ClF6N7O4/c1-22(19-34-35-20(32)42-19,13-3-2-4-14(9-13)23(26,27)28)33-17(40)11-38-21(41)37(10-16(39)24(29,30)31)18(36-38)12-5-7-15(25)8-6-12/h2-9,16,39H,10-11H2,1H3,(H2,32,35)(H,33,40)/t16-,22+/m0/s1. The second-order valence-electron chi connectivity index (χ2n) is 9.14. The lowest BCUT2D eigenvalue weighted by Gasteiger charge is -2.28. The van der Waals surface area contributed by atoms with Gasteiger partial charge in [0.1, 0.15) is 12.1 Å². The van der Waals surface area contributed by atoms with Crippen LogP contribution in [0, 0.1) is 0 Å². The van der Waals surface area contributed by atoms with Gasteiger partial charge in [0.25, 0.3) is 0 Å². The van der Waals surface area contributed by atoms with Crippen LogP contribution in [0.5, 0.6) is 0 Å². The Labute approximate surface area is 236 Å². The molecule has 18 heteroatoms. The Morgan fingerprint density at radius 2 is 1.74 bits per heavy atom. The molecule has 42 heavy (non-hydrogen) atoms. The smallest absolute Gasteiger partial charge is 0.405 e. The lowest BCUT2D eigenvalue weighted by molar-refractivity contribution is -0.207. The number of benzene rings is 2. The number of aliphatic hydroxyl groups excluding tert-OH is 1. The van der Waals surface area contributed by atoms with Crippen LogP contribution >= 0.6 is 11.6 Å². The molecule has 4 rings (SSSR count). The number of nitrogens with zero attached hydrogens (tertiary/aromatic N) is 5. The van der Waals surface area contributed by atoms with E-state index in [1.54, 1.807) is 0 Å².